The molecule has 0 spiro atoms. The Hall–Kier alpha value is -1.62. The van der Waals surface area contributed by atoms with Crippen LogP contribution in [0.1, 0.15) is 25.7 Å². The van der Waals surface area contributed by atoms with E-state index in [1.807, 2.05) is 0 Å². The van der Waals surface area contributed by atoms with Crippen molar-refractivity contribution in [1.29, 1.82) is 0 Å². The fourth-order valence-corrected chi connectivity index (χ4v) is 1.90. The summed E-state index contributed by atoms with van der Waals surface area (Å²) in [5, 5.41) is 2.77. The van der Waals surface area contributed by atoms with Crippen LogP contribution in [0.5, 0.6) is 0 Å². The Balaban J connectivity index is 1.86. The van der Waals surface area contributed by atoms with Crippen LogP contribution in [0, 0.1) is 0 Å². The van der Waals surface area contributed by atoms with Gasteiger partial charge >= 0.3 is 0 Å². The summed E-state index contributed by atoms with van der Waals surface area (Å²) in [5.41, 5.74) is 6.78. The first kappa shape index (κ1) is 11.9. The Bertz CT molecular complexity index is 389. The van der Waals surface area contributed by atoms with Gasteiger partial charge in [-0.15, -0.1) is 0 Å². The van der Waals surface area contributed by atoms with Crippen LogP contribution in [0.25, 0.3) is 0 Å². The number of amides is 1. The highest BCUT2D eigenvalue weighted by Crippen LogP contribution is 2.18. The van der Waals surface area contributed by atoms with Crippen molar-refractivity contribution in [3.63, 3.8) is 0 Å². The number of pyridine rings is 1. The molecule has 1 unspecified atom stereocenters. The lowest BCUT2D eigenvalue weighted by molar-refractivity contribution is -0.119. The molecule has 0 bridgehead atoms. The Kier molecular flexibility index (Phi) is 3.93. The van der Waals surface area contributed by atoms with Gasteiger partial charge in [0.15, 0.2) is 0 Å². The number of rotatable bonds is 3. The quantitative estimate of drug-likeness (QED) is 0.833. The third kappa shape index (κ3) is 3.42. The Morgan fingerprint density at radius 3 is 3.18 bits per heavy atom. The van der Waals surface area contributed by atoms with E-state index in [0.717, 1.165) is 25.9 Å². The van der Waals surface area contributed by atoms with E-state index in [0.29, 0.717) is 17.8 Å². The zero-order valence-corrected chi connectivity index (χ0v) is 9.69. The number of hydrogen-bond donors (Lipinski definition) is 2. The number of nitrogens with one attached hydrogen (secondary N) is 1. The van der Waals surface area contributed by atoms with Crippen LogP contribution in [-0.2, 0) is 9.53 Å². The zero-order valence-electron chi connectivity index (χ0n) is 9.69. The number of ether oxygens (including phenoxy) is 1. The molecular formula is C12H17N3O2. The predicted octanol–water partition coefficient (Wildman–Crippen LogP) is 1.56. The average molecular weight is 235 g/mol. The van der Waals surface area contributed by atoms with E-state index in [1.165, 1.54) is 6.20 Å². The molecule has 3 N–H and O–H groups in total. The van der Waals surface area contributed by atoms with Crippen molar-refractivity contribution in [2.24, 2.45) is 0 Å². The highest BCUT2D eigenvalue weighted by molar-refractivity contribution is 5.93. The maximum absolute atomic E-state index is 11.8. The number of aromatic nitrogens is 1. The van der Waals surface area contributed by atoms with Gasteiger partial charge in [0.2, 0.25) is 5.91 Å². The van der Waals surface area contributed by atoms with Crippen LogP contribution < -0.4 is 11.1 Å². The minimum absolute atomic E-state index is 0.0480. The SMILES string of the molecule is Nc1cnccc1NC(=O)CC1CCCCO1. The van der Waals surface area contributed by atoms with Gasteiger partial charge in [0.05, 0.1) is 30.1 Å². The Labute approximate surface area is 100 Å². The van der Waals surface area contributed by atoms with Gasteiger partial charge in [0.1, 0.15) is 0 Å². The third-order valence-corrected chi connectivity index (χ3v) is 2.81. The predicted molar refractivity (Wildman–Crippen MR) is 65.5 cm³/mol. The Morgan fingerprint density at radius 1 is 1.59 bits per heavy atom. The molecule has 1 amide bonds. The molecular weight excluding hydrogens is 218 g/mol. The second-order valence-corrected chi connectivity index (χ2v) is 4.20. The molecule has 1 aliphatic heterocycles. The van der Waals surface area contributed by atoms with Crippen LogP contribution in [-0.4, -0.2) is 23.6 Å². The summed E-state index contributed by atoms with van der Waals surface area (Å²) in [6.45, 7) is 0.759. The van der Waals surface area contributed by atoms with E-state index in [9.17, 15) is 4.79 Å². The standard InChI is InChI=1S/C12H17N3O2/c13-10-8-14-5-4-11(10)15-12(16)7-9-3-1-2-6-17-9/h4-5,8-9H,1-3,6-7,13H2,(H,14,15,16). The molecule has 5 heteroatoms. The normalized spacial score (nSPS) is 19.9. The highest BCUT2D eigenvalue weighted by Gasteiger charge is 2.17. The molecule has 1 aromatic heterocycles. The van der Waals surface area contributed by atoms with Crippen molar-refractivity contribution in [3.8, 4) is 0 Å². The number of nitrogens with two attached hydrogens (primary N) is 1. The van der Waals surface area contributed by atoms with Crippen molar-refractivity contribution in [3.05, 3.63) is 18.5 Å². The molecule has 2 heterocycles. The molecule has 1 saturated heterocycles. The smallest absolute Gasteiger partial charge is 0.227 e. The van der Waals surface area contributed by atoms with Crippen LogP contribution in [0.4, 0.5) is 11.4 Å². The largest absolute Gasteiger partial charge is 0.396 e. The van der Waals surface area contributed by atoms with E-state index in [1.54, 1.807) is 12.3 Å². The van der Waals surface area contributed by atoms with Gasteiger partial charge in [-0.1, -0.05) is 0 Å². The summed E-state index contributed by atoms with van der Waals surface area (Å²) < 4.78 is 5.51. The summed E-state index contributed by atoms with van der Waals surface area (Å²) >= 11 is 0. The number of carbonyl (C=O) groups is 1. The van der Waals surface area contributed by atoms with Gasteiger partial charge in [-0.3, -0.25) is 9.78 Å². The van der Waals surface area contributed by atoms with Crippen molar-refractivity contribution in [2.45, 2.75) is 31.8 Å². The topological polar surface area (TPSA) is 77.2 Å². The van der Waals surface area contributed by atoms with Gasteiger partial charge < -0.3 is 15.8 Å². The molecule has 17 heavy (non-hydrogen) atoms. The monoisotopic (exact) mass is 235 g/mol. The fraction of sp³-hybridized carbons (Fsp3) is 0.500. The van der Waals surface area contributed by atoms with E-state index >= 15 is 0 Å². The zero-order chi connectivity index (χ0) is 12.1. The van der Waals surface area contributed by atoms with E-state index in [-0.39, 0.29) is 12.0 Å². The molecule has 0 radical (unpaired) electrons. The molecule has 0 aliphatic carbocycles. The summed E-state index contributed by atoms with van der Waals surface area (Å²) in [6.07, 6.45) is 6.74. The average Bonchev–Trinajstić information content (AvgIpc) is 2.33. The first-order valence-electron chi connectivity index (χ1n) is 5.86. The number of carbonyl (C=O) groups excluding carboxylic acids is 1. The molecule has 1 atom stereocenters. The second kappa shape index (κ2) is 5.63. The maximum Gasteiger partial charge on any atom is 0.227 e. The molecule has 5 nitrogen and oxygen atoms in total. The van der Waals surface area contributed by atoms with Crippen molar-refractivity contribution in [2.75, 3.05) is 17.7 Å². The lowest BCUT2D eigenvalue weighted by Crippen LogP contribution is -2.25. The highest BCUT2D eigenvalue weighted by atomic mass is 16.5. The lowest BCUT2D eigenvalue weighted by Gasteiger charge is -2.22. The third-order valence-electron chi connectivity index (χ3n) is 2.81. The fourth-order valence-electron chi connectivity index (χ4n) is 1.90. The minimum atomic E-state index is -0.0604. The molecule has 1 aromatic rings. The Morgan fingerprint density at radius 2 is 2.47 bits per heavy atom. The van der Waals surface area contributed by atoms with Crippen LogP contribution in [0.2, 0.25) is 0 Å². The van der Waals surface area contributed by atoms with E-state index in [4.69, 9.17) is 10.5 Å². The molecule has 1 aliphatic rings. The summed E-state index contributed by atoms with van der Waals surface area (Å²) in [5.74, 6) is -0.0604. The first-order chi connectivity index (χ1) is 8.25. The molecule has 2 rings (SSSR count). The van der Waals surface area contributed by atoms with Gasteiger partial charge in [0.25, 0.3) is 0 Å². The molecule has 0 aromatic carbocycles. The lowest BCUT2D eigenvalue weighted by atomic mass is 10.1. The van der Waals surface area contributed by atoms with Crippen LogP contribution in [0.15, 0.2) is 18.5 Å². The van der Waals surface area contributed by atoms with Gasteiger partial charge in [-0.25, -0.2) is 0 Å². The molecule has 1 fully saturated rings. The second-order valence-electron chi connectivity index (χ2n) is 4.20. The summed E-state index contributed by atoms with van der Waals surface area (Å²) in [7, 11) is 0. The van der Waals surface area contributed by atoms with Crippen LogP contribution >= 0.6 is 0 Å². The van der Waals surface area contributed by atoms with Crippen molar-refractivity contribution in [1.82, 2.24) is 4.98 Å². The van der Waals surface area contributed by atoms with E-state index in [2.05, 4.69) is 10.3 Å². The molecule has 0 saturated carbocycles. The van der Waals surface area contributed by atoms with Gasteiger partial charge in [-0.2, -0.15) is 0 Å². The number of hydrogen-bond acceptors (Lipinski definition) is 4. The van der Waals surface area contributed by atoms with Gasteiger partial charge in [0, 0.05) is 12.8 Å². The number of nitrogen functional groups attached to an aromatic ring is 1. The molecule has 92 valence electrons. The number of anilines is 2. The van der Waals surface area contributed by atoms with Crippen LogP contribution in [0.3, 0.4) is 0 Å². The van der Waals surface area contributed by atoms with E-state index < -0.39 is 0 Å². The van der Waals surface area contributed by atoms with Crippen molar-refractivity contribution < 1.29 is 9.53 Å². The summed E-state index contributed by atoms with van der Waals surface area (Å²) in [6, 6.07) is 1.69. The summed E-state index contributed by atoms with van der Waals surface area (Å²) in [4.78, 5) is 15.6. The first-order valence-corrected chi connectivity index (χ1v) is 5.86. The maximum atomic E-state index is 11.8. The van der Waals surface area contributed by atoms with Gasteiger partial charge in [-0.05, 0) is 25.3 Å². The minimum Gasteiger partial charge on any atom is -0.396 e. The number of nitrogens with zero attached hydrogens (tertiary/aromatic N) is 1. The van der Waals surface area contributed by atoms with Crippen molar-refractivity contribution >= 4 is 17.3 Å².